The van der Waals surface area contributed by atoms with E-state index in [1.165, 1.54) is 17.0 Å². The maximum atomic E-state index is 13.0. The average Bonchev–Trinajstić information content (AvgIpc) is 3.18. The van der Waals surface area contributed by atoms with Gasteiger partial charge in [-0.05, 0) is 42.5 Å². The summed E-state index contributed by atoms with van der Waals surface area (Å²) in [5, 5.41) is 9.52. The normalized spacial score (nSPS) is 10.8. The van der Waals surface area contributed by atoms with Crippen LogP contribution in [0.1, 0.15) is 26.5 Å². The summed E-state index contributed by atoms with van der Waals surface area (Å²) in [5.41, 5.74) is 1.81. The van der Waals surface area contributed by atoms with Crippen LogP contribution < -0.4 is 5.32 Å². The molecule has 0 spiro atoms. The summed E-state index contributed by atoms with van der Waals surface area (Å²) in [6.07, 6.45) is 0.782. The molecule has 1 amide bonds. The van der Waals surface area contributed by atoms with E-state index in [9.17, 15) is 9.18 Å². The fourth-order valence-electron chi connectivity index (χ4n) is 2.52. The SMILES string of the molecule is Cc1nn(Cc2ccc(F)cc2)c(Cl)c1C(=O)NCCc1cccs1. The van der Waals surface area contributed by atoms with Gasteiger partial charge in [0.25, 0.3) is 5.91 Å². The zero-order chi connectivity index (χ0) is 17.8. The number of aromatic nitrogens is 2. The van der Waals surface area contributed by atoms with Gasteiger partial charge in [0.2, 0.25) is 0 Å². The zero-order valence-electron chi connectivity index (χ0n) is 13.6. The number of amides is 1. The van der Waals surface area contributed by atoms with Gasteiger partial charge in [0.1, 0.15) is 11.0 Å². The second-order valence-corrected chi connectivity index (χ2v) is 7.01. The van der Waals surface area contributed by atoms with E-state index in [4.69, 9.17) is 11.6 Å². The topological polar surface area (TPSA) is 46.9 Å². The summed E-state index contributed by atoms with van der Waals surface area (Å²) in [4.78, 5) is 13.6. The number of nitrogens with one attached hydrogen (secondary N) is 1. The van der Waals surface area contributed by atoms with E-state index < -0.39 is 0 Å². The van der Waals surface area contributed by atoms with E-state index in [1.54, 1.807) is 35.1 Å². The van der Waals surface area contributed by atoms with Gasteiger partial charge in [-0.25, -0.2) is 9.07 Å². The molecule has 0 fully saturated rings. The van der Waals surface area contributed by atoms with Crippen LogP contribution in [0, 0.1) is 12.7 Å². The van der Waals surface area contributed by atoms with Crippen molar-refractivity contribution in [1.29, 1.82) is 0 Å². The number of hydrogen-bond donors (Lipinski definition) is 1. The van der Waals surface area contributed by atoms with Crippen molar-refractivity contribution in [3.05, 3.63) is 74.4 Å². The van der Waals surface area contributed by atoms with Crippen molar-refractivity contribution in [2.75, 3.05) is 6.54 Å². The van der Waals surface area contributed by atoms with Crippen molar-refractivity contribution in [2.24, 2.45) is 0 Å². The van der Waals surface area contributed by atoms with Gasteiger partial charge in [0, 0.05) is 11.4 Å². The molecule has 1 aromatic carbocycles. The van der Waals surface area contributed by atoms with Crippen molar-refractivity contribution in [2.45, 2.75) is 19.9 Å². The zero-order valence-corrected chi connectivity index (χ0v) is 15.2. The fourth-order valence-corrected chi connectivity index (χ4v) is 3.55. The molecule has 0 radical (unpaired) electrons. The molecule has 0 saturated heterocycles. The van der Waals surface area contributed by atoms with Gasteiger partial charge in [-0.15, -0.1) is 11.3 Å². The Bertz CT molecular complexity index is 859. The van der Waals surface area contributed by atoms with Crippen LogP contribution >= 0.6 is 22.9 Å². The van der Waals surface area contributed by atoms with Crippen LogP contribution in [0.15, 0.2) is 41.8 Å². The van der Waals surface area contributed by atoms with E-state index in [2.05, 4.69) is 10.4 Å². The monoisotopic (exact) mass is 377 g/mol. The standard InChI is InChI=1S/C18H17ClFN3OS/c1-12-16(18(24)21-9-8-15-3-2-10-25-15)17(19)23(22-12)11-13-4-6-14(20)7-5-13/h2-7,10H,8-9,11H2,1H3,(H,21,24). The van der Waals surface area contributed by atoms with Crippen LogP contribution in [0.2, 0.25) is 5.15 Å². The molecule has 3 aromatic rings. The number of thiophene rings is 1. The number of halogens is 2. The Morgan fingerprint density at radius 1 is 1.32 bits per heavy atom. The summed E-state index contributed by atoms with van der Waals surface area (Å²) in [6.45, 7) is 2.67. The van der Waals surface area contributed by atoms with Crippen LogP contribution in [0.4, 0.5) is 4.39 Å². The molecule has 130 valence electrons. The molecule has 1 N–H and O–H groups in total. The first-order valence-electron chi connectivity index (χ1n) is 7.82. The molecule has 0 aliphatic carbocycles. The minimum atomic E-state index is -0.294. The smallest absolute Gasteiger partial charge is 0.256 e. The summed E-state index contributed by atoms with van der Waals surface area (Å²) >= 11 is 8.01. The van der Waals surface area contributed by atoms with Gasteiger partial charge in [0.05, 0.1) is 17.8 Å². The molecule has 0 aliphatic heterocycles. The Hall–Kier alpha value is -2.18. The highest BCUT2D eigenvalue weighted by molar-refractivity contribution is 7.09. The molecule has 0 bridgehead atoms. The lowest BCUT2D eigenvalue weighted by Gasteiger charge is -2.05. The van der Waals surface area contributed by atoms with Gasteiger partial charge in [-0.2, -0.15) is 5.10 Å². The predicted octanol–water partition coefficient (Wildman–Crippen LogP) is 4.07. The van der Waals surface area contributed by atoms with E-state index in [0.717, 1.165) is 12.0 Å². The largest absolute Gasteiger partial charge is 0.352 e. The fraction of sp³-hybridized carbons (Fsp3) is 0.222. The van der Waals surface area contributed by atoms with Crippen LogP contribution in [-0.2, 0) is 13.0 Å². The first-order chi connectivity index (χ1) is 12.0. The lowest BCUT2D eigenvalue weighted by molar-refractivity contribution is 0.0953. The first kappa shape index (κ1) is 17.6. The molecule has 0 saturated carbocycles. The molecule has 4 nitrogen and oxygen atoms in total. The number of nitrogens with zero attached hydrogens (tertiary/aromatic N) is 2. The first-order valence-corrected chi connectivity index (χ1v) is 9.08. The number of rotatable bonds is 6. The van der Waals surface area contributed by atoms with E-state index >= 15 is 0 Å². The molecule has 2 heterocycles. The van der Waals surface area contributed by atoms with Crippen LogP contribution in [0.5, 0.6) is 0 Å². The van der Waals surface area contributed by atoms with Crippen LogP contribution in [-0.4, -0.2) is 22.2 Å². The van der Waals surface area contributed by atoms with Gasteiger partial charge in [0.15, 0.2) is 0 Å². The summed E-state index contributed by atoms with van der Waals surface area (Å²) in [6, 6.07) is 10.1. The lowest BCUT2D eigenvalue weighted by atomic mass is 10.2. The van der Waals surface area contributed by atoms with Crippen molar-refractivity contribution in [3.63, 3.8) is 0 Å². The highest BCUT2D eigenvalue weighted by atomic mass is 35.5. The third kappa shape index (κ3) is 4.27. The van der Waals surface area contributed by atoms with E-state index in [-0.39, 0.29) is 16.9 Å². The second kappa shape index (κ2) is 7.80. The number of carbonyl (C=O) groups is 1. The van der Waals surface area contributed by atoms with E-state index in [0.29, 0.717) is 24.3 Å². The van der Waals surface area contributed by atoms with Crippen molar-refractivity contribution >= 4 is 28.8 Å². The maximum absolute atomic E-state index is 13.0. The van der Waals surface area contributed by atoms with Crippen molar-refractivity contribution < 1.29 is 9.18 Å². The molecule has 0 aliphatic rings. The molecule has 7 heteroatoms. The summed E-state index contributed by atoms with van der Waals surface area (Å²) < 4.78 is 14.6. The number of carbonyl (C=O) groups excluding carboxylic acids is 1. The van der Waals surface area contributed by atoms with Gasteiger partial charge in [-0.1, -0.05) is 29.8 Å². The molecule has 0 atom stereocenters. The van der Waals surface area contributed by atoms with Crippen LogP contribution in [0.25, 0.3) is 0 Å². The molecular formula is C18H17ClFN3OS. The Balaban J connectivity index is 1.68. The van der Waals surface area contributed by atoms with Gasteiger partial charge >= 0.3 is 0 Å². The molecular weight excluding hydrogens is 361 g/mol. The molecule has 2 aromatic heterocycles. The minimum Gasteiger partial charge on any atom is -0.352 e. The molecule has 3 rings (SSSR count). The average molecular weight is 378 g/mol. The Morgan fingerprint density at radius 3 is 2.76 bits per heavy atom. The Kier molecular flexibility index (Phi) is 5.50. The number of aryl methyl sites for hydroxylation is 1. The minimum absolute atomic E-state index is 0.232. The van der Waals surface area contributed by atoms with Crippen molar-refractivity contribution in [1.82, 2.24) is 15.1 Å². The third-order valence-electron chi connectivity index (χ3n) is 3.78. The lowest BCUT2D eigenvalue weighted by Crippen LogP contribution is -2.26. The van der Waals surface area contributed by atoms with Crippen molar-refractivity contribution in [3.8, 4) is 0 Å². The Labute approximate surface area is 154 Å². The third-order valence-corrected chi connectivity index (χ3v) is 5.10. The molecule has 25 heavy (non-hydrogen) atoms. The number of benzene rings is 1. The highest BCUT2D eigenvalue weighted by Crippen LogP contribution is 2.21. The predicted molar refractivity (Wildman–Crippen MR) is 97.8 cm³/mol. The van der Waals surface area contributed by atoms with E-state index in [1.807, 2.05) is 17.5 Å². The van der Waals surface area contributed by atoms with Gasteiger partial charge in [-0.3, -0.25) is 4.79 Å². The highest BCUT2D eigenvalue weighted by Gasteiger charge is 2.20. The maximum Gasteiger partial charge on any atom is 0.256 e. The van der Waals surface area contributed by atoms with Crippen LogP contribution in [0.3, 0.4) is 0 Å². The van der Waals surface area contributed by atoms with Gasteiger partial charge < -0.3 is 5.32 Å². The second-order valence-electron chi connectivity index (χ2n) is 5.62. The molecule has 0 unspecified atom stereocenters. The summed E-state index contributed by atoms with van der Waals surface area (Å²) in [5.74, 6) is -0.526. The summed E-state index contributed by atoms with van der Waals surface area (Å²) in [7, 11) is 0. The quantitative estimate of drug-likeness (QED) is 0.704. The number of hydrogen-bond acceptors (Lipinski definition) is 3. The Morgan fingerprint density at radius 2 is 2.08 bits per heavy atom.